The molecule has 0 radical (unpaired) electrons. The molecule has 1 aliphatic rings. The number of amides is 1. The topological polar surface area (TPSA) is 98.7 Å². The number of aromatic nitrogens is 3. The first-order valence-electron chi connectivity index (χ1n) is 11.8. The highest BCUT2D eigenvalue weighted by atomic mass is 16.5. The third kappa shape index (κ3) is 4.78. The molecule has 4 aromatic rings. The van der Waals surface area contributed by atoms with Crippen molar-refractivity contribution in [3.63, 3.8) is 0 Å². The molecule has 0 saturated carbocycles. The van der Waals surface area contributed by atoms with Crippen LogP contribution in [0.15, 0.2) is 54.9 Å². The number of fused-ring (bicyclic) bond motifs is 2. The van der Waals surface area contributed by atoms with Gasteiger partial charge in [0.2, 0.25) is 5.91 Å². The van der Waals surface area contributed by atoms with E-state index in [-0.39, 0.29) is 5.91 Å². The van der Waals surface area contributed by atoms with E-state index in [9.17, 15) is 4.79 Å². The minimum Gasteiger partial charge on any atom is -0.491 e. The normalized spacial score (nSPS) is 15.1. The van der Waals surface area contributed by atoms with E-state index in [0.29, 0.717) is 26.3 Å². The van der Waals surface area contributed by atoms with Crippen LogP contribution in [0.4, 0.5) is 5.69 Å². The van der Waals surface area contributed by atoms with Crippen LogP contribution in [-0.2, 0) is 9.53 Å². The number of piperazine rings is 1. The lowest BCUT2D eigenvalue weighted by atomic mass is 10.1. The van der Waals surface area contributed by atoms with Crippen LogP contribution in [0.25, 0.3) is 27.8 Å². The number of nitrogens with zero attached hydrogens (tertiary/aromatic N) is 5. The van der Waals surface area contributed by atoms with Crippen molar-refractivity contribution < 1.29 is 14.3 Å². The lowest BCUT2D eigenvalue weighted by Gasteiger charge is -2.36. The Balaban J connectivity index is 1.33. The second-order valence-corrected chi connectivity index (χ2v) is 8.75. The number of hydrogen-bond donors (Lipinski definition) is 1. The van der Waals surface area contributed by atoms with E-state index in [1.807, 2.05) is 33.7 Å². The van der Waals surface area contributed by atoms with Gasteiger partial charge in [0.25, 0.3) is 0 Å². The Morgan fingerprint density at radius 2 is 1.86 bits per heavy atom. The predicted molar refractivity (Wildman–Crippen MR) is 136 cm³/mol. The highest BCUT2D eigenvalue weighted by Gasteiger charge is 2.23. The summed E-state index contributed by atoms with van der Waals surface area (Å²) in [6.07, 6.45) is 1.79. The SMILES string of the molecule is COCCOc1ccc2c(c1)ncn2-c1ccc2cc(N3CCN(C(=O)[C@H](C)N)CC3)ccc2n1. The Morgan fingerprint density at radius 3 is 2.63 bits per heavy atom. The van der Waals surface area contributed by atoms with Gasteiger partial charge < -0.3 is 25.0 Å². The number of ether oxygens (including phenoxy) is 2. The number of imidazole rings is 1. The molecule has 1 fully saturated rings. The Labute approximate surface area is 204 Å². The summed E-state index contributed by atoms with van der Waals surface area (Å²) in [5.41, 5.74) is 9.61. The molecule has 0 spiro atoms. The van der Waals surface area contributed by atoms with Gasteiger partial charge in [-0.25, -0.2) is 9.97 Å². The number of rotatable bonds is 7. The summed E-state index contributed by atoms with van der Waals surface area (Å²) in [6, 6.07) is 15.8. The minimum atomic E-state index is -0.452. The van der Waals surface area contributed by atoms with Crippen molar-refractivity contribution in [2.24, 2.45) is 5.73 Å². The second-order valence-electron chi connectivity index (χ2n) is 8.75. The monoisotopic (exact) mass is 474 g/mol. The standard InChI is InChI=1S/C26H30N6O3/c1-18(27)26(33)31-11-9-30(10-12-31)20-4-6-22-19(15-20)3-8-25(29-22)32-17-28-23-16-21(5-7-24(23)32)35-14-13-34-2/h3-8,15-18H,9-14,27H2,1-2H3/t18-/m0/s1. The van der Waals surface area contributed by atoms with Gasteiger partial charge in [-0.2, -0.15) is 0 Å². The van der Waals surface area contributed by atoms with Crippen LogP contribution in [-0.4, -0.2) is 77.9 Å². The van der Waals surface area contributed by atoms with Crippen LogP contribution in [0.2, 0.25) is 0 Å². The molecular weight excluding hydrogens is 444 g/mol. The van der Waals surface area contributed by atoms with Gasteiger partial charge in [-0.1, -0.05) is 0 Å². The van der Waals surface area contributed by atoms with E-state index in [0.717, 1.165) is 52.3 Å². The minimum absolute atomic E-state index is 0.0155. The molecular formula is C26H30N6O3. The summed E-state index contributed by atoms with van der Waals surface area (Å²) < 4.78 is 12.7. The molecule has 2 N–H and O–H groups in total. The lowest BCUT2D eigenvalue weighted by Crippen LogP contribution is -2.52. The van der Waals surface area contributed by atoms with Gasteiger partial charge in [-0.05, 0) is 49.4 Å². The Bertz CT molecular complexity index is 1340. The van der Waals surface area contributed by atoms with Crippen molar-refractivity contribution in [2.75, 3.05) is 51.4 Å². The van der Waals surface area contributed by atoms with E-state index in [4.69, 9.17) is 20.2 Å². The molecule has 0 unspecified atom stereocenters. The van der Waals surface area contributed by atoms with Crippen LogP contribution >= 0.6 is 0 Å². The van der Waals surface area contributed by atoms with E-state index >= 15 is 0 Å². The van der Waals surface area contributed by atoms with E-state index in [1.165, 1.54) is 0 Å². The fraction of sp³-hybridized carbons (Fsp3) is 0.346. The first-order valence-corrected chi connectivity index (χ1v) is 11.8. The van der Waals surface area contributed by atoms with Gasteiger partial charge in [-0.15, -0.1) is 0 Å². The zero-order chi connectivity index (χ0) is 24.4. The predicted octanol–water partition coefficient (Wildman–Crippen LogP) is 2.59. The molecule has 0 aliphatic carbocycles. The quantitative estimate of drug-likeness (QED) is 0.411. The Kier molecular flexibility index (Phi) is 6.52. The largest absolute Gasteiger partial charge is 0.491 e. The molecule has 35 heavy (non-hydrogen) atoms. The molecule has 182 valence electrons. The molecule has 0 bridgehead atoms. The second kappa shape index (κ2) is 9.89. The number of anilines is 1. The third-order valence-corrected chi connectivity index (χ3v) is 6.33. The summed E-state index contributed by atoms with van der Waals surface area (Å²) >= 11 is 0. The number of methoxy groups -OCH3 is 1. The molecule has 9 nitrogen and oxygen atoms in total. The van der Waals surface area contributed by atoms with Crippen LogP contribution in [0, 0.1) is 0 Å². The van der Waals surface area contributed by atoms with Crippen molar-refractivity contribution in [3.05, 3.63) is 54.9 Å². The van der Waals surface area contributed by atoms with E-state index in [1.54, 1.807) is 20.4 Å². The van der Waals surface area contributed by atoms with Gasteiger partial charge in [0, 0.05) is 50.4 Å². The summed E-state index contributed by atoms with van der Waals surface area (Å²) in [4.78, 5) is 25.7. The fourth-order valence-electron chi connectivity index (χ4n) is 4.41. The smallest absolute Gasteiger partial charge is 0.239 e. The average molecular weight is 475 g/mol. The molecule has 1 atom stereocenters. The first kappa shape index (κ1) is 23.1. The number of carbonyl (C=O) groups is 1. The lowest BCUT2D eigenvalue weighted by molar-refractivity contribution is -0.132. The third-order valence-electron chi connectivity index (χ3n) is 6.33. The fourth-order valence-corrected chi connectivity index (χ4v) is 4.41. The molecule has 5 rings (SSSR count). The molecule has 2 aromatic heterocycles. The summed E-state index contributed by atoms with van der Waals surface area (Å²) in [7, 11) is 1.65. The van der Waals surface area contributed by atoms with Crippen LogP contribution in [0.5, 0.6) is 5.75 Å². The Morgan fingerprint density at radius 1 is 1.03 bits per heavy atom. The van der Waals surface area contributed by atoms with Crippen LogP contribution in [0.1, 0.15) is 6.92 Å². The van der Waals surface area contributed by atoms with Gasteiger partial charge in [-0.3, -0.25) is 9.36 Å². The van der Waals surface area contributed by atoms with Crippen molar-refractivity contribution in [2.45, 2.75) is 13.0 Å². The molecule has 9 heteroatoms. The summed E-state index contributed by atoms with van der Waals surface area (Å²) in [5.74, 6) is 1.59. The van der Waals surface area contributed by atoms with Crippen molar-refractivity contribution in [1.29, 1.82) is 0 Å². The van der Waals surface area contributed by atoms with Gasteiger partial charge in [0.05, 0.1) is 29.2 Å². The van der Waals surface area contributed by atoms with Crippen molar-refractivity contribution in [1.82, 2.24) is 19.4 Å². The van der Waals surface area contributed by atoms with Crippen molar-refractivity contribution in [3.8, 4) is 11.6 Å². The van der Waals surface area contributed by atoms with Gasteiger partial charge in [0.15, 0.2) is 0 Å². The average Bonchev–Trinajstić information content (AvgIpc) is 3.31. The number of benzene rings is 2. The maximum absolute atomic E-state index is 12.2. The first-order chi connectivity index (χ1) is 17.0. The Hall–Kier alpha value is -3.69. The highest BCUT2D eigenvalue weighted by Crippen LogP contribution is 2.26. The maximum Gasteiger partial charge on any atom is 0.239 e. The van der Waals surface area contributed by atoms with Crippen LogP contribution < -0.4 is 15.4 Å². The van der Waals surface area contributed by atoms with Gasteiger partial charge in [0.1, 0.15) is 24.5 Å². The van der Waals surface area contributed by atoms with E-state index in [2.05, 4.69) is 34.1 Å². The molecule has 1 saturated heterocycles. The zero-order valence-electron chi connectivity index (χ0n) is 20.1. The molecule has 1 amide bonds. The van der Waals surface area contributed by atoms with Gasteiger partial charge >= 0.3 is 0 Å². The highest BCUT2D eigenvalue weighted by molar-refractivity contribution is 5.85. The van der Waals surface area contributed by atoms with Crippen LogP contribution in [0.3, 0.4) is 0 Å². The van der Waals surface area contributed by atoms with Crippen molar-refractivity contribution >= 4 is 33.5 Å². The number of carbonyl (C=O) groups excluding carboxylic acids is 1. The molecule has 3 heterocycles. The molecule has 1 aliphatic heterocycles. The number of nitrogens with two attached hydrogens (primary N) is 1. The number of hydrogen-bond acceptors (Lipinski definition) is 7. The molecule has 2 aromatic carbocycles. The van der Waals surface area contributed by atoms with E-state index < -0.39 is 6.04 Å². The summed E-state index contributed by atoms with van der Waals surface area (Å²) in [5, 5.41) is 1.07. The summed E-state index contributed by atoms with van der Waals surface area (Å²) in [6.45, 7) is 5.71. The zero-order valence-corrected chi connectivity index (χ0v) is 20.1. The maximum atomic E-state index is 12.2. The number of pyridine rings is 1.